The smallest absolute Gasteiger partial charge is 0.264 e. The summed E-state index contributed by atoms with van der Waals surface area (Å²) in [4.78, 5) is 41.3. The summed E-state index contributed by atoms with van der Waals surface area (Å²) >= 11 is 7.15. The molecule has 2 aliphatic heterocycles. The van der Waals surface area contributed by atoms with E-state index < -0.39 is 6.04 Å². The highest BCUT2D eigenvalue weighted by Gasteiger charge is 2.35. The quantitative estimate of drug-likeness (QED) is 0.803. The Labute approximate surface area is 177 Å². The third-order valence-corrected chi connectivity index (χ3v) is 6.25. The second kappa shape index (κ2) is 8.52. The highest BCUT2D eigenvalue weighted by atomic mass is 35.5. The normalized spacial score (nSPS) is 19.5. The van der Waals surface area contributed by atoms with Crippen molar-refractivity contribution in [1.29, 1.82) is 0 Å². The molecule has 2 saturated heterocycles. The third-order valence-electron chi connectivity index (χ3n) is 5.03. The lowest BCUT2D eigenvalue weighted by Crippen LogP contribution is -2.43. The fourth-order valence-electron chi connectivity index (χ4n) is 3.59. The molecule has 0 saturated carbocycles. The van der Waals surface area contributed by atoms with Crippen LogP contribution < -0.4 is 10.2 Å². The number of carbonyl (C=O) groups is 3. The van der Waals surface area contributed by atoms with Crippen LogP contribution in [0.4, 0.5) is 11.4 Å². The van der Waals surface area contributed by atoms with Crippen molar-refractivity contribution in [2.45, 2.75) is 18.9 Å². The summed E-state index contributed by atoms with van der Waals surface area (Å²) in [6.07, 6.45) is 1.40. The summed E-state index contributed by atoms with van der Waals surface area (Å²) < 4.78 is 5.69. The molecule has 9 heteroatoms. The SMILES string of the molecule is O=C(Nc1ccc(N2CCOCC2=O)cc1)C1CCCN1C(=O)c1ccc(Cl)s1. The van der Waals surface area contributed by atoms with Crippen LogP contribution >= 0.6 is 22.9 Å². The Morgan fingerprint density at radius 2 is 1.93 bits per heavy atom. The lowest BCUT2D eigenvalue weighted by molar-refractivity contribution is -0.125. The number of benzene rings is 1. The van der Waals surface area contributed by atoms with Gasteiger partial charge in [0.2, 0.25) is 5.91 Å². The molecule has 2 fully saturated rings. The van der Waals surface area contributed by atoms with Crippen LogP contribution in [-0.2, 0) is 14.3 Å². The van der Waals surface area contributed by atoms with Gasteiger partial charge in [0.05, 0.1) is 15.8 Å². The number of likely N-dealkylation sites (tertiary alicyclic amines) is 1. The number of thiophene rings is 1. The molecule has 2 aromatic rings. The fraction of sp³-hybridized carbons (Fsp3) is 0.350. The molecular formula is C20H20ClN3O4S. The zero-order valence-electron chi connectivity index (χ0n) is 15.6. The molecule has 0 radical (unpaired) electrons. The Balaban J connectivity index is 1.41. The first-order chi connectivity index (χ1) is 14.0. The molecule has 152 valence electrons. The lowest BCUT2D eigenvalue weighted by Gasteiger charge is -2.27. The molecule has 1 atom stereocenters. The number of hydrogen-bond donors (Lipinski definition) is 1. The molecule has 3 heterocycles. The Morgan fingerprint density at radius 3 is 2.62 bits per heavy atom. The molecular weight excluding hydrogens is 414 g/mol. The first-order valence-electron chi connectivity index (χ1n) is 9.38. The van der Waals surface area contributed by atoms with Gasteiger partial charge in [-0.05, 0) is 49.2 Å². The monoisotopic (exact) mass is 433 g/mol. The molecule has 1 aromatic carbocycles. The molecule has 0 bridgehead atoms. The maximum atomic E-state index is 12.8. The van der Waals surface area contributed by atoms with Crippen LogP contribution in [0.25, 0.3) is 0 Å². The average Bonchev–Trinajstić information content (AvgIpc) is 3.38. The van der Waals surface area contributed by atoms with E-state index in [2.05, 4.69) is 5.32 Å². The van der Waals surface area contributed by atoms with Crippen LogP contribution in [0.2, 0.25) is 4.34 Å². The Morgan fingerprint density at radius 1 is 1.14 bits per heavy atom. The van der Waals surface area contributed by atoms with Gasteiger partial charge in [0.1, 0.15) is 12.6 Å². The third kappa shape index (κ3) is 4.29. The van der Waals surface area contributed by atoms with E-state index in [1.54, 1.807) is 46.2 Å². The highest BCUT2D eigenvalue weighted by molar-refractivity contribution is 7.18. The molecule has 4 rings (SSSR count). The van der Waals surface area contributed by atoms with Crippen molar-refractivity contribution in [3.05, 3.63) is 45.6 Å². The van der Waals surface area contributed by atoms with E-state index in [0.717, 1.165) is 12.1 Å². The van der Waals surface area contributed by atoms with Crippen molar-refractivity contribution in [2.75, 3.05) is 36.5 Å². The molecule has 3 amide bonds. The maximum Gasteiger partial charge on any atom is 0.264 e. The van der Waals surface area contributed by atoms with E-state index in [1.165, 1.54) is 11.3 Å². The number of nitrogens with zero attached hydrogens (tertiary/aromatic N) is 2. The average molecular weight is 434 g/mol. The zero-order valence-corrected chi connectivity index (χ0v) is 17.2. The minimum atomic E-state index is -0.510. The van der Waals surface area contributed by atoms with Gasteiger partial charge >= 0.3 is 0 Å². The number of anilines is 2. The summed E-state index contributed by atoms with van der Waals surface area (Å²) in [5.74, 6) is -0.462. The molecule has 1 aromatic heterocycles. The Hall–Kier alpha value is -2.42. The topological polar surface area (TPSA) is 79.0 Å². The van der Waals surface area contributed by atoms with Crippen LogP contribution in [0, 0.1) is 0 Å². The van der Waals surface area contributed by atoms with Gasteiger partial charge in [-0.25, -0.2) is 0 Å². The van der Waals surface area contributed by atoms with Gasteiger partial charge in [0.25, 0.3) is 11.8 Å². The van der Waals surface area contributed by atoms with Gasteiger partial charge in [0.15, 0.2) is 0 Å². The van der Waals surface area contributed by atoms with Crippen molar-refractivity contribution < 1.29 is 19.1 Å². The number of hydrogen-bond acceptors (Lipinski definition) is 5. The number of morpholine rings is 1. The predicted molar refractivity (Wildman–Crippen MR) is 112 cm³/mol. The van der Waals surface area contributed by atoms with E-state index >= 15 is 0 Å². The van der Waals surface area contributed by atoms with Crippen molar-refractivity contribution in [3.63, 3.8) is 0 Å². The summed E-state index contributed by atoms with van der Waals surface area (Å²) in [5.41, 5.74) is 1.39. The van der Waals surface area contributed by atoms with E-state index in [0.29, 0.717) is 41.0 Å². The minimum absolute atomic E-state index is 0.0816. The summed E-state index contributed by atoms with van der Waals surface area (Å²) in [6, 6.07) is 9.98. The maximum absolute atomic E-state index is 12.8. The minimum Gasteiger partial charge on any atom is -0.370 e. The highest BCUT2D eigenvalue weighted by Crippen LogP contribution is 2.27. The summed E-state index contributed by atoms with van der Waals surface area (Å²) in [7, 11) is 0. The molecule has 0 spiro atoms. The number of nitrogens with one attached hydrogen (secondary N) is 1. The van der Waals surface area contributed by atoms with E-state index in [1.807, 2.05) is 0 Å². The number of amides is 3. The van der Waals surface area contributed by atoms with Crippen LogP contribution in [0.3, 0.4) is 0 Å². The second-order valence-electron chi connectivity index (χ2n) is 6.89. The first-order valence-corrected chi connectivity index (χ1v) is 10.6. The predicted octanol–water partition coefficient (Wildman–Crippen LogP) is 3.01. The van der Waals surface area contributed by atoms with E-state index in [-0.39, 0.29) is 24.3 Å². The standard InChI is InChI=1S/C20H20ClN3O4S/c21-17-8-7-16(29-17)20(27)24-9-1-2-15(24)19(26)22-13-3-5-14(6-4-13)23-10-11-28-12-18(23)25/h3-8,15H,1-2,9-12H2,(H,22,26). The van der Waals surface area contributed by atoms with Gasteiger partial charge < -0.3 is 19.9 Å². The second-order valence-corrected chi connectivity index (χ2v) is 8.61. The van der Waals surface area contributed by atoms with Gasteiger partial charge in [-0.2, -0.15) is 0 Å². The molecule has 2 aliphatic rings. The van der Waals surface area contributed by atoms with Crippen LogP contribution in [0.1, 0.15) is 22.5 Å². The van der Waals surface area contributed by atoms with Crippen molar-refractivity contribution in [2.24, 2.45) is 0 Å². The lowest BCUT2D eigenvalue weighted by atomic mass is 10.2. The molecule has 0 aliphatic carbocycles. The number of rotatable bonds is 4. The molecule has 29 heavy (non-hydrogen) atoms. The summed E-state index contributed by atoms with van der Waals surface area (Å²) in [5, 5.41) is 2.88. The summed E-state index contributed by atoms with van der Waals surface area (Å²) in [6.45, 7) is 1.64. The van der Waals surface area contributed by atoms with Crippen LogP contribution in [0.5, 0.6) is 0 Å². The largest absolute Gasteiger partial charge is 0.370 e. The zero-order chi connectivity index (χ0) is 20.4. The number of halogens is 1. The number of carbonyl (C=O) groups excluding carboxylic acids is 3. The Bertz CT molecular complexity index is 930. The molecule has 1 N–H and O–H groups in total. The van der Waals surface area contributed by atoms with Gasteiger partial charge in [0, 0.05) is 24.5 Å². The van der Waals surface area contributed by atoms with Crippen LogP contribution in [0.15, 0.2) is 36.4 Å². The first kappa shape index (κ1) is 19.9. The molecule has 7 nitrogen and oxygen atoms in total. The van der Waals surface area contributed by atoms with Crippen molar-refractivity contribution in [1.82, 2.24) is 4.90 Å². The van der Waals surface area contributed by atoms with Crippen molar-refractivity contribution in [3.8, 4) is 0 Å². The fourth-order valence-corrected chi connectivity index (χ4v) is 4.59. The van der Waals surface area contributed by atoms with E-state index in [9.17, 15) is 14.4 Å². The van der Waals surface area contributed by atoms with Crippen molar-refractivity contribution >= 4 is 52.0 Å². The molecule has 1 unspecified atom stereocenters. The Kier molecular flexibility index (Phi) is 5.84. The van der Waals surface area contributed by atoms with Gasteiger partial charge in [-0.3, -0.25) is 14.4 Å². The van der Waals surface area contributed by atoms with Gasteiger partial charge in [-0.15, -0.1) is 11.3 Å². The van der Waals surface area contributed by atoms with Gasteiger partial charge in [-0.1, -0.05) is 11.6 Å². The number of ether oxygens (including phenoxy) is 1. The van der Waals surface area contributed by atoms with Crippen LogP contribution in [-0.4, -0.2) is 55.0 Å². The van der Waals surface area contributed by atoms with E-state index in [4.69, 9.17) is 16.3 Å².